The highest BCUT2D eigenvalue weighted by Gasteiger charge is 2.22. The molecule has 0 unspecified atom stereocenters. The third-order valence-corrected chi connectivity index (χ3v) is 3.52. The molecule has 0 saturated heterocycles. The van der Waals surface area contributed by atoms with E-state index < -0.39 is 0 Å². The maximum Gasteiger partial charge on any atom is 0.220 e. The molecule has 0 aromatic carbocycles. The van der Waals surface area contributed by atoms with E-state index in [1.807, 2.05) is 6.92 Å². The lowest BCUT2D eigenvalue weighted by molar-refractivity contribution is -0.121. The van der Waals surface area contributed by atoms with Crippen molar-refractivity contribution in [2.75, 3.05) is 32.8 Å². The first-order chi connectivity index (χ1) is 11.3. The number of ether oxygens (including phenoxy) is 1. The van der Waals surface area contributed by atoms with Crippen LogP contribution in [0.4, 0.5) is 0 Å². The number of carbonyl (C=O) groups excluding carboxylic acids is 1. The van der Waals surface area contributed by atoms with Gasteiger partial charge in [0.25, 0.3) is 0 Å². The fraction of sp³-hybridized carbons (Fsp3) is 0.882. The summed E-state index contributed by atoms with van der Waals surface area (Å²) in [5, 5.41) is 9.52. The standard InChI is InChI=1S/C17H34N4O2.HI/c1-3-5-13-23-14-7-12-20-17(18-4-2)19-11-6-8-16(22)21-15-9-10-15;/h15H,3-14H2,1-2H3,(H,21,22)(H2,18,19,20);1H. The van der Waals surface area contributed by atoms with Crippen LogP contribution in [0.2, 0.25) is 0 Å². The zero-order valence-corrected chi connectivity index (χ0v) is 17.6. The highest BCUT2D eigenvalue weighted by Crippen LogP contribution is 2.18. The van der Waals surface area contributed by atoms with E-state index in [0.717, 1.165) is 64.4 Å². The van der Waals surface area contributed by atoms with Gasteiger partial charge in [0.1, 0.15) is 0 Å². The van der Waals surface area contributed by atoms with Crippen molar-refractivity contribution in [1.29, 1.82) is 0 Å². The SMILES string of the molecule is CCCCOCCCNC(=NCCCC(=O)NC1CC1)NCC.I. The summed E-state index contributed by atoms with van der Waals surface area (Å²) in [6.45, 7) is 8.21. The van der Waals surface area contributed by atoms with Crippen molar-refractivity contribution in [2.45, 2.75) is 64.8 Å². The Morgan fingerprint density at radius 2 is 1.88 bits per heavy atom. The molecule has 3 N–H and O–H groups in total. The second-order valence-corrected chi connectivity index (χ2v) is 5.95. The Bertz CT molecular complexity index is 349. The maximum absolute atomic E-state index is 11.6. The Morgan fingerprint density at radius 1 is 1.12 bits per heavy atom. The van der Waals surface area contributed by atoms with Gasteiger partial charge < -0.3 is 20.7 Å². The third kappa shape index (κ3) is 13.8. The fourth-order valence-corrected chi connectivity index (χ4v) is 2.03. The minimum Gasteiger partial charge on any atom is -0.381 e. The minimum atomic E-state index is 0. The molecule has 1 saturated carbocycles. The zero-order chi connectivity index (χ0) is 16.8. The van der Waals surface area contributed by atoms with E-state index in [2.05, 4.69) is 27.9 Å². The number of guanidine groups is 1. The lowest BCUT2D eigenvalue weighted by Gasteiger charge is -2.11. The van der Waals surface area contributed by atoms with Gasteiger partial charge in [-0.1, -0.05) is 13.3 Å². The summed E-state index contributed by atoms with van der Waals surface area (Å²) in [6, 6.07) is 0.449. The molecule has 142 valence electrons. The van der Waals surface area contributed by atoms with Gasteiger partial charge in [-0.15, -0.1) is 24.0 Å². The first kappa shape index (κ1) is 23.4. The van der Waals surface area contributed by atoms with Crippen molar-refractivity contribution >= 4 is 35.8 Å². The lowest BCUT2D eigenvalue weighted by Crippen LogP contribution is -2.38. The molecule has 1 rings (SSSR count). The maximum atomic E-state index is 11.6. The van der Waals surface area contributed by atoms with E-state index in [1.54, 1.807) is 0 Å². The molecule has 0 bridgehead atoms. The van der Waals surface area contributed by atoms with Crippen molar-refractivity contribution in [1.82, 2.24) is 16.0 Å². The van der Waals surface area contributed by atoms with Crippen LogP contribution in [-0.4, -0.2) is 50.8 Å². The molecule has 24 heavy (non-hydrogen) atoms. The molecule has 0 atom stereocenters. The average Bonchev–Trinajstić information content (AvgIpc) is 3.34. The minimum absolute atomic E-state index is 0. The number of halogens is 1. The van der Waals surface area contributed by atoms with E-state index in [1.165, 1.54) is 6.42 Å². The van der Waals surface area contributed by atoms with Gasteiger partial charge in [-0.25, -0.2) is 0 Å². The Hall–Kier alpha value is -0.570. The molecule has 0 aliphatic heterocycles. The number of amides is 1. The number of carbonyl (C=O) groups is 1. The predicted molar refractivity (Wildman–Crippen MR) is 110 cm³/mol. The van der Waals surface area contributed by atoms with Crippen LogP contribution in [0.3, 0.4) is 0 Å². The van der Waals surface area contributed by atoms with Crippen molar-refractivity contribution < 1.29 is 9.53 Å². The molecule has 0 aromatic rings. The molecule has 0 radical (unpaired) electrons. The smallest absolute Gasteiger partial charge is 0.220 e. The second kappa shape index (κ2) is 15.9. The third-order valence-electron chi connectivity index (χ3n) is 3.52. The number of rotatable bonds is 13. The summed E-state index contributed by atoms with van der Waals surface area (Å²) >= 11 is 0. The van der Waals surface area contributed by atoms with E-state index >= 15 is 0 Å². The summed E-state index contributed by atoms with van der Waals surface area (Å²) in [5.41, 5.74) is 0. The summed E-state index contributed by atoms with van der Waals surface area (Å²) < 4.78 is 5.53. The molecule has 0 aromatic heterocycles. The number of nitrogens with zero attached hydrogens (tertiary/aromatic N) is 1. The second-order valence-electron chi connectivity index (χ2n) is 5.95. The quantitative estimate of drug-likeness (QED) is 0.173. The fourth-order valence-electron chi connectivity index (χ4n) is 2.03. The number of hydrogen-bond donors (Lipinski definition) is 3. The van der Waals surface area contributed by atoms with Gasteiger partial charge in [-0.05, 0) is 39.0 Å². The van der Waals surface area contributed by atoms with Gasteiger partial charge in [0.15, 0.2) is 5.96 Å². The Kier molecular flexibility index (Phi) is 15.6. The number of aliphatic imine (C=N–C) groups is 1. The van der Waals surface area contributed by atoms with E-state index in [9.17, 15) is 4.79 Å². The summed E-state index contributed by atoms with van der Waals surface area (Å²) in [5.74, 6) is 0.980. The monoisotopic (exact) mass is 454 g/mol. The summed E-state index contributed by atoms with van der Waals surface area (Å²) in [7, 11) is 0. The van der Waals surface area contributed by atoms with Crippen LogP contribution in [0.1, 0.15) is 58.8 Å². The molecular weight excluding hydrogens is 419 g/mol. The van der Waals surface area contributed by atoms with Crippen LogP contribution < -0.4 is 16.0 Å². The molecule has 1 amide bonds. The normalized spacial score (nSPS) is 14.0. The van der Waals surface area contributed by atoms with Crippen molar-refractivity contribution in [3.8, 4) is 0 Å². The Balaban J connectivity index is 0.00000529. The van der Waals surface area contributed by atoms with Crippen LogP contribution in [0.15, 0.2) is 4.99 Å². The molecule has 1 fully saturated rings. The highest BCUT2D eigenvalue weighted by atomic mass is 127. The predicted octanol–water partition coefficient (Wildman–Crippen LogP) is 2.43. The Morgan fingerprint density at radius 3 is 2.54 bits per heavy atom. The molecular formula is C17H35IN4O2. The first-order valence-corrected chi connectivity index (χ1v) is 9.15. The Labute approximate surface area is 164 Å². The largest absolute Gasteiger partial charge is 0.381 e. The molecule has 0 heterocycles. The number of nitrogens with one attached hydrogen (secondary N) is 3. The van der Waals surface area contributed by atoms with Gasteiger partial charge in [0.2, 0.25) is 5.91 Å². The first-order valence-electron chi connectivity index (χ1n) is 9.15. The molecule has 1 aliphatic rings. The van der Waals surface area contributed by atoms with Gasteiger partial charge in [-0.2, -0.15) is 0 Å². The van der Waals surface area contributed by atoms with E-state index in [-0.39, 0.29) is 29.9 Å². The number of unbranched alkanes of at least 4 members (excludes halogenated alkanes) is 1. The van der Waals surface area contributed by atoms with E-state index in [0.29, 0.717) is 19.0 Å². The van der Waals surface area contributed by atoms with Crippen molar-refractivity contribution in [3.05, 3.63) is 0 Å². The molecule has 1 aliphatic carbocycles. The van der Waals surface area contributed by atoms with Gasteiger partial charge in [0, 0.05) is 45.3 Å². The topological polar surface area (TPSA) is 74.8 Å². The van der Waals surface area contributed by atoms with E-state index in [4.69, 9.17) is 4.74 Å². The van der Waals surface area contributed by atoms with Crippen LogP contribution in [0.25, 0.3) is 0 Å². The van der Waals surface area contributed by atoms with Gasteiger partial charge >= 0.3 is 0 Å². The molecule has 7 heteroatoms. The molecule has 6 nitrogen and oxygen atoms in total. The van der Waals surface area contributed by atoms with Crippen molar-refractivity contribution in [3.63, 3.8) is 0 Å². The van der Waals surface area contributed by atoms with Crippen molar-refractivity contribution in [2.24, 2.45) is 4.99 Å². The number of hydrogen-bond acceptors (Lipinski definition) is 3. The highest BCUT2D eigenvalue weighted by molar-refractivity contribution is 14.0. The summed E-state index contributed by atoms with van der Waals surface area (Å²) in [6.07, 6.45) is 6.90. The zero-order valence-electron chi connectivity index (χ0n) is 15.2. The van der Waals surface area contributed by atoms with Gasteiger partial charge in [-0.3, -0.25) is 9.79 Å². The summed E-state index contributed by atoms with van der Waals surface area (Å²) in [4.78, 5) is 16.1. The molecule has 0 spiro atoms. The van der Waals surface area contributed by atoms with Gasteiger partial charge in [0.05, 0.1) is 0 Å². The van der Waals surface area contributed by atoms with Crippen LogP contribution >= 0.6 is 24.0 Å². The van der Waals surface area contributed by atoms with Crippen LogP contribution in [0.5, 0.6) is 0 Å². The van der Waals surface area contributed by atoms with Crippen LogP contribution in [-0.2, 0) is 9.53 Å². The lowest BCUT2D eigenvalue weighted by atomic mass is 10.3. The van der Waals surface area contributed by atoms with Crippen LogP contribution in [0, 0.1) is 0 Å². The average molecular weight is 454 g/mol.